The SMILES string of the molecule is CC(C)C1=C2c3ccccc3N(C)C2(C)C(C)(C)C2=C1C(=O)OC21Oc2ccc3ccccc3c2-c2c(ccc3ccccc23)O1. The maximum atomic E-state index is 14.4. The Morgan fingerprint density at radius 3 is 1.80 bits per heavy atom. The van der Waals surface area contributed by atoms with Gasteiger partial charge >= 0.3 is 11.9 Å². The van der Waals surface area contributed by atoms with Gasteiger partial charge in [0.15, 0.2) is 0 Å². The van der Waals surface area contributed by atoms with E-state index in [0.29, 0.717) is 17.1 Å². The summed E-state index contributed by atoms with van der Waals surface area (Å²) in [5.74, 6) is -0.971. The minimum atomic E-state index is -1.81. The summed E-state index contributed by atoms with van der Waals surface area (Å²) in [5, 5.41) is 4.27. The number of ether oxygens (including phenoxy) is 3. The van der Waals surface area contributed by atoms with Crippen LogP contribution in [-0.4, -0.2) is 24.5 Å². The highest BCUT2D eigenvalue weighted by atomic mass is 16.9. The van der Waals surface area contributed by atoms with E-state index in [4.69, 9.17) is 14.2 Å². The van der Waals surface area contributed by atoms with E-state index in [9.17, 15) is 4.79 Å². The number of carbonyl (C=O) groups is 1. The molecule has 0 amide bonds. The lowest BCUT2D eigenvalue weighted by molar-refractivity contribution is -0.255. The zero-order valence-corrected chi connectivity index (χ0v) is 26.9. The summed E-state index contributed by atoms with van der Waals surface area (Å²) in [6.45, 7) is 11.0. The molecule has 1 unspecified atom stereocenters. The number of hydrogen-bond donors (Lipinski definition) is 0. The van der Waals surface area contributed by atoms with Crippen LogP contribution in [0.15, 0.2) is 114 Å². The van der Waals surface area contributed by atoms with Crippen LogP contribution < -0.4 is 14.4 Å². The predicted octanol–water partition coefficient (Wildman–Crippen LogP) is 9.30. The van der Waals surface area contributed by atoms with E-state index in [1.807, 2.05) is 36.4 Å². The Labute approximate surface area is 268 Å². The molecule has 5 nitrogen and oxygen atoms in total. The van der Waals surface area contributed by atoms with Crippen LogP contribution in [-0.2, 0) is 9.53 Å². The quantitative estimate of drug-likeness (QED) is 0.178. The summed E-state index contributed by atoms with van der Waals surface area (Å²) < 4.78 is 20.7. The summed E-state index contributed by atoms with van der Waals surface area (Å²) in [4.78, 5) is 16.8. The Balaban J connectivity index is 1.39. The summed E-state index contributed by atoms with van der Waals surface area (Å²) >= 11 is 0. The molecule has 3 aliphatic heterocycles. The summed E-state index contributed by atoms with van der Waals surface area (Å²) in [5.41, 5.74) is 6.40. The highest BCUT2D eigenvalue weighted by Crippen LogP contribution is 2.67. The van der Waals surface area contributed by atoms with Gasteiger partial charge in [0.05, 0.1) is 16.7 Å². The Hall–Kier alpha value is -5.03. The van der Waals surface area contributed by atoms with Gasteiger partial charge in [0.2, 0.25) is 0 Å². The number of esters is 1. The lowest BCUT2D eigenvalue weighted by atomic mass is 9.57. The number of anilines is 1. The molecule has 0 saturated carbocycles. The minimum Gasteiger partial charge on any atom is -0.416 e. The van der Waals surface area contributed by atoms with Gasteiger partial charge in [-0.05, 0) is 63.7 Å². The van der Waals surface area contributed by atoms with Crippen LogP contribution in [0.3, 0.4) is 0 Å². The summed E-state index contributed by atoms with van der Waals surface area (Å²) in [7, 11) is 2.15. The van der Waals surface area contributed by atoms with Crippen molar-refractivity contribution in [1.29, 1.82) is 0 Å². The fourth-order valence-corrected chi connectivity index (χ4v) is 8.80. The molecule has 5 aromatic carbocycles. The molecule has 0 aromatic heterocycles. The first-order valence-electron chi connectivity index (χ1n) is 16.1. The van der Waals surface area contributed by atoms with Gasteiger partial charge in [-0.25, -0.2) is 4.79 Å². The number of benzene rings is 5. The summed E-state index contributed by atoms with van der Waals surface area (Å²) in [6.07, 6.45) is 0. The van der Waals surface area contributed by atoms with E-state index in [1.54, 1.807) is 0 Å². The lowest BCUT2D eigenvalue weighted by Gasteiger charge is -2.53. The molecule has 0 radical (unpaired) electrons. The number of carbonyl (C=O) groups excluding carboxylic acids is 1. The fraction of sp³-hybridized carbons (Fsp3) is 0.244. The normalized spacial score (nSPS) is 21.8. The molecule has 228 valence electrons. The van der Waals surface area contributed by atoms with Crippen LogP contribution in [0, 0.1) is 11.3 Å². The van der Waals surface area contributed by atoms with Gasteiger partial charge in [-0.15, -0.1) is 0 Å². The van der Waals surface area contributed by atoms with E-state index in [-0.39, 0.29) is 5.92 Å². The third kappa shape index (κ3) is 3.13. The van der Waals surface area contributed by atoms with Crippen molar-refractivity contribution in [3.05, 3.63) is 119 Å². The van der Waals surface area contributed by atoms with E-state index in [0.717, 1.165) is 55.1 Å². The van der Waals surface area contributed by atoms with Crippen molar-refractivity contribution in [3.8, 4) is 22.6 Å². The maximum Gasteiger partial charge on any atom is 0.447 e. The first kappa shape index (κ1) is 27.3. The topological polar surface area (TPSA) is 48.0 Å². The molecule has 46 heavy (non-hydrogen) atoms. The smallest absolute Gasteiger partial charge is 0.416 e. The van der Waals surface area contributed by atoms with Gasteiger partial charge in [0.25, 0.3) is 0 Å². The molecule has 3 heterocycles. The van der Waals surface area contributed by atoms with Gasteiger partial charge in [0.1, 0.15) is 11.5 Å². The zero-order chi connectivity index (χ0) is 31.7. The molecule has 5 aromatic rings. The van der Waals surface area contributed by atoms with E-state index >= 15 is 0 Å². The Morgan fingerprint density at radius 1 is 0.674 bits per heavy atom. The van der Waals surface area contributed by atoms with Crippen LogP contribution in [0.2, 0.25) is 0 Å². The number of hydrogen-bond acceptors (Lipinski definition) is 5. The van der Waals surface area contributed by atoms with Crippen molar-refractivity contribution in [1.82, 2.24) is 0 Å². The van der Waals surface area contributed by atoms with Crippen molar-refractivity contribution in [2.45, 2.75) is 46.1 Å². The molecule has 0 N–H and O–H groups in total. The average Bonchev–Trinajstić information content (AvgIpc) is 3.39. The molecular weight excluding hydrogens is 570 g/mol. The monoisotopic (exact) mass is 605 g/mol. The van der Waals surface area contributed by atoms with Gasteiger partial charge < -0.3 is 19.1 Å². The molecule has 9 rings (SSSR count). The molecule has 4 aliphatic rings. The van der Waals surface area contributed by atoms with Crippen molar-refractivity contribution < 1.29 is 19.0 Å². The third-order valence-electron chi connectivity index (χ3n) is 11.2. The van der Waals surface area contributed by atoms with Crippen LogP contribution in [0.25, 0.3) is 38.2 Å². The fourth-order valence-electron chi connectivity index (χ4n) is 8.80. The van der Waals surface area contributed by atoms with Crippen LogP contribution in [0.4, 0.5) is 5.69 Å². The number of para-hydroxylation sites is 1. The maximum absolute atomic E-state index is 14.4. The lowest BCUT2D eigenvalue weighted by Crippen LogP contribution is -2.60. The van der Waals surface area contributed by atoms with Crippen LogP contribution in [0.1, 0.15) is 40.2 Å². The number of nitrogens with zero attached hydrogens (tertiary/aromatic N) is 1. The minimum absolute atomic E-state index is 0.0379. The van der Waals surface area contributed by atoms with Crippen LogP contribution >= 0.6 is 0 Å². The highest BCUT2D eigenvalue weighted by Gasteiger charge is 2.69. The molecule has 0 saturated heterocycles. The number of likely N-dealkylation sites (N-methyl/N-ethyl adjacent to an activating group) is 1. The summed E-state index contributed by atoms with van der Waals surface area (Å²) in [6, 6.07) is 33.3. The van der Waals surface area contributed by atoms with E-state index in [2.05, 4.69) is 107 Å². The van der Waals surface area contributed by atoms with Crippen molar-refractivity contribution >= 4 is 38.8 Å². The Morgan fingerprint density at radius 2 is 1.22 bits per heavy atom. The molecule has 1 spiro atoms. The molecule has 1 aliphatic carbocycles. The van der Waals surface area contributed by atoms with Crippen LogP contribution in [0.5, 0.6) is 11.5 Å². The standard InChI is InChI=1S/C41H35NO4/c1-23(2)32-35-37(39(3,4)40(5)36(32)28-17-11-12-18-29(28)42(40)6)41(46-38(35)43)44-30-21-19-24-13-7-9-15-26(24)33(30)34-27-16-10-8-14-25(27)20-22-31(34)45-41/h7-23H,1-6H3. The first-order chi connectivity index (χ1) is 22.1. The molecule has 0 bridgehead atoms. The zero-order valence-electron chi connectivity index (χ0n) is 26.9. The van der Waals surface area contributed by atoms with Gasteiger partial charge in [-0.3, -0.25) is 0 Å². The largest absolute Gasteiger partial charge is 0.447 e. The molecule has 5 heteroatoms. The first-order valence-corrected chi connectivity index (χ1v) is 16.1. The number of rotatable bonds is 1. The highest BCUT2D eigenvalue weighted by molar-refractivity contribution is 6.11. The van der Waals surface area contributed by atoms with E-state index in [1.165, 1.54) is 5.57 Å². The second kappa shape index (κ2) is 8.82. The Kier molecular flexibility index (Phi) is 5.23. The van der Waals surface area contributed by atoms with Crippen molar-refractivity contribution in [2.75, 3.05) is 11.9 Å². The molecule has 1 atom stereocenters. The number of fused-ring (bicyclic) bond motifs is 11. The second-order valence-electron chi connectivity index (χ2n) is 13.9. The van der Waals surface area contributed by atoms with E-state index < -0.39 is 22.9 Å². The van der Waals surface area contributed by atoms with Crippen molar-refractivity contribution in [2.24, 2.45) is 11.3 Å². The third-order valence-corrected chi connectivity index (χ3v) is 11.2. The molecular formula is C41H35NO4. The van der Waals surface area contributed by atoms with Gasteiger partial charge in [-0.1, -0.05) is 107 Å². The Bertz CT molecular complexity index is 2170. The van der Waals surface area contributed by atoms with Gasteiger partial charge in [-0.2, -0.15) is 0 Å². The average molecular weight is 606 g/mol. The van der Waals surface area contributed by atoms with Crippen molar-refractivity contribution in [3.63, 3.8) is 0 Å². The van der Waals surface area contributed by atoms with Gasteiger partial charge in [0, 0.05) is 34.8 Å². The second-order valence-corrected chi connectivity index (χ2v) is 13.9. The predicted molar refractivity (Wildman–Crippen MR) is 183 cm³/mol. The molecule has 0 fully saturated rings.